The van der Waals surface area contributed by atoms with Gasteiger partial charge in [0.1, 0.15) is 11.5 Å². The van der Waals surface area contributed by atoms with E-state index in [9.17, 15) is 35.1 Å². The number of anilines is 2. The van der Waals surface area contributed by atoms with Crippen LogP contribution in [0.1, 0.15) is 16.8 Å². The first-order valence-electron chi connectivity index (χ1n) is 13.2. The van der Waals surface area contributed by atoms with Gasteiger partial charge >= 0.3 is 12.4 Å². The second-order valence-corrected chi connectivity index (χ2v) is 10.2. The van der Waals surface area contributed by atoms with Crippen molar-refractivity contribution >= 4 is 11.4 Å². The van der Waals surface area contributed by atoms with Crippen LogP contribution in [-0.4, -0.2) is 38.5 Å². The van der Waals surface area contributed by atoms with Gasteiger partial charge in [-0.05, 0) is 57.6 Å². The summed E-state index contributed by atoms with van der Waals surface area (Å²) in [7, 11) is 5.13. The minimum absolute atomic E-state index is 0. The number of alkyl halides is 6. The Balaban J connectivity index is 0.000000209. The molecule has 0 bridgehead atoms. The van der Waals surface area contributed by atoms with Gasteiger partial charge in [0.15, 0.2) is 0 Å². The van der Waals surface area contributed by atoms with Crippen molar-refractivity contribution in [1.82, 2.24) is 29.5 Å². The molecule has 0 spiro atoms. The largest absolute Gasteiger partial charge is 0.572 e. The van der Waals surface area contributed by atoms with Gasteiger partial charge in [0.05, 0.1) is 0 Å². The van der Waals surface area contributed by atoms with Gasteiger partial charge < -0.3 is 34.4 Å². The summed E-state index contributed by atoms with van der Waals surface area (Å²) in [5.74, 6) is -1.58. The molecule has 0 N–H and O–H groups in total. The van der Waals surface area contributed by atoms with Crippen molar-refractivity contribution in [2.45, 2.75) is 19.3 Å². The SMILES string of the molecule is CN1C=CN(c2[c-]c(N3C=CN(C)[CH-]3)cc(C(F)(F)F)c2)[CH-]1.Cc1c(C(F)(F)F)n[n-]c1-c1nc(-c2[c-]cc(F)cc2F)cn1C.[Ir]. The molecular weight excluding hydrogens is 817 g/mol. The van der Waals surface area contributed by atoms with Crippen molar-refractivity contribution < 1.29 is 55.2 Å². The number of aryl methyl sites for hydroxylation is 1. The van der Waals surface area contributed by atoms with Gasteiger partial charge in [0.2, 0.25) is 0 Å². The second-order valence-electron chi connectivity index (χ2n) is 10.2. The number of halogens is 8. The summed E-state index contributed by atoms with van der Waals surface area (Å²) in [5, 5.41) is 6.70. The van der Waals surface area contributed by atoms with E-state index in [4.69, 9.17) is 0 Å². The number of nitrogens with zero attached hydrogens (tertiary/aromatic N) is 8. The fourth-order valence-corrected chi connectivity index (χ4v) is 4.46. The molecule has 17 heteroatoms. The van der Waals surface area contributed by atoms with Gasteiger partial charge in [-0.2, -0.15) is 39.7 Å². The van der Waals surface area contributed by atoms with E-state index in [0.29, 0.717) is 17.4 Å². The molecule has 47 heavy (non-hydrogen) atoms. The standard InChI is InChI=1S/C15H9F5N4.C15H14F3N4.Ir/c1-7-12(22-23-13(7)15(18,19)20)14-21-11(6-24(14)2)9-4-3-8(16)5-10(9)17;1-19-3-5-21(10-19)13-7-12(15(16,17)18)8-14(9-13)22-6-4-20(2)11-22;/h3,5-6H,1-2H3;3-8,10-11H,1-2H3;/q-2;-3;. The molecule has 2 aromatic carbocycles. The van der Waals surface area contributed by atoms with Crippen molar-refractivity contribution in [2.24, 2.45) is 7.05 Å². The van der Waals surface area contributed by atoms with Crippen LogP contribution >= 0.6 is 0 Å². The summed E-state index contributed by atoms with van der Waals surface area (Å²) in [4.78, 5) is 10.8. The van der Waals surface area contributed by atoms with Gasteiger partial charge in [0, 0.05) is 44.5 Å². The third-order valence-corrected chi connectivity index (χ3v) is 6.69. The minimum Gasteiger partial charge on any atom is -0.572 e. The maximum Gasteiger partial charge on any atom is 0.431 e. The number of hydrogen-bond acceptors (Lipinski definition) is 6. The number of rotatable bonds is 4. The molecule has 4 aromatic rings. The summed E-state index contributed by atoms with van der Waals surface area (Å²) in [5.41, 5.74) is -1.36. The van der Waals surface area contributed by atoms with Gasteiger partial charge in [-0.1, -0.05) is 22.9 Å². The first-order chi connectivity index (χ1) is 21.5. The van der Waals surface area contributed by atoms with Gasteiger partial charge in [0.25, 0.3) is 0 Å². The third-order valence-electron chi connectivity index (χ3n) is 6.69. The summed E-state index contributed by atoms with van der Waals surface area (Å²) >= 11 is 0. The monoisotopic (exact) mass is 840 g/mol. The zero-order chi connectivity index (χ0) is 33.6. The molecule has 1 radical (unpaired) electrons. The fourth-order valence-electron chi connectivity index (χ4n) is 4.46. The molecule has 0 aliphatic carbocycles. The zero-order valence-electron chi connectivity index (χ0n) is 24.8. The Kier molecular flexibility index (Phi) is 10.1. The molecule has 0 fully saturated rings. The molecule has 0 amide bonds. The quantitative estimate of drug-likeness (QED) is 0.168. The summed E-state index contributed by atoms with van der Waals surface area (Å²) in [6.07, 6.45) is -0.767. The van der Waals surface area contributed by atoms with E-state index in [1.165, 1.54) is 24.7 Å². The Bertz CT molecular complexity index is 1750. The van der Waals surface area contributed by atoms with Crippen molar-refractivity contribution in [3.63, 3.8) is 0 Å². The van der Waals surface area contributed by atoms with Crippen LogP contribution in [-0.2, 0) is 39.5 Å². The molecular formula is C30H23F8IrN8-5. The Morgan fingerprint density at radius 1 is 0.830 bits per heavy atom. The van der Waals surface area contributed by atoms with Crippen LogP contribution in [0.5, 0.6) is 0 Å². The predicted octanol–water partition coefficient (Wildman–Crippen LogP) is 6.70. The summed E-state index contributed by atoms with van der Waals surface area (Å²) in [6.45, 7) is 4.61. The molecule has 8 nitrogen and oxygen atoms in total. The average molecular weight is 840 g/mol. The smallest absolute Gasteiger partial charge is 0.431 e. The van der Waals surface area contributed by atoms with Crippen molar-refractivity contribution in [1.29, 1.82) is 0 Å². The number of hydrogen-bond donors (Lipinski definition) is 0. The summed E-state index contributed by atoms with van der Waals surface area (Å²) in [6, 6.07) is 9.23. The predicted molar refractivity (Wildman–Crippen MR) is 151 cm³/mol. The first-order valence-corrected chi connectivity index (χ1v) is 13.2. The van der Waals surface area contributed by atoms with E-state index in [1.807, 2.05) is 0 Å². The normalized spacial score (nSPS) is 14.6. The average Bonchev–Trinajstić information content (AvgIpc) is 3.76. The molecule has 2 aliphatic rings. The Morgan fingerprint density at radius 2 is 1.40 bits per heavy atom. The Morgan fingerprint density at radius 3 is 1.85 bits per heavy atom. The van der Waals surface area contributed by atoms with E-state index < -0.39 is 35.2 Å². The maximum atomic E-state index is 13.8. The van der Waals surface area contributed by atoms with Crippen LogP contribution < -0.4 is 14.9 Å². The van der Waals surface area contributed by atoms with Crippen LogP contribution in [0.25, 0.3) is 22.8 Å². The number of benzene rings is 2. The van der Waals surface area contributed by atoms with Crippen molar-refractivity contribution in [3.8, 4) is 22.8 Å². The van der Waals surface area contributed by atoms with E-state index in [1.54, 1.807) is 71.8 Å². The number of imidazole rings is 1. The fraction of sp³-hybridized carbons (Fsp3) is 0.200. The molecule has 6 rings (SSSR count). The van der Waals surface area contributed by atoms with E-state index in [-0.39, 0.29) is 48.4 Å². The third kappa shape index (κ3) is 7.79. The zero-order valence-corrected chi connectivity index (χ0v) is 27.2. The number of aromatic nitrogens is 4. The van der Waals surface area contributed by atoms with Crippen LogP contribution in [0.15, 0.2) is 55.3 Å². The van der Waals surface area contributed by atoms with Crippen LogP contribution in [0.4, 0.5) is 46.5 Å². The topological polar surface area (TPSA) is 57.8 Å². The maximum absolute atomic E-state index is 13.8. The van der Waals surface area contributed by atoms with Gasteiger partial charge in [-0.3, -0.25) is 13.8 Å². The molecule has 4 heterocycles. The molecule has 253 valence electrons. The minimum atomic E-state index is -4.62. The Hall–Kier alpha value is -4.37. The van der Waals surface area contributed by atoms with Crippen LogP contribution in [0.3, 0.4) is 0 Å². The first kappa shape index (κ1) is 35.5. The van der Waals surface area contributed by atoms with E-state index in [2.05, 4.69) is 27.3 Å². The van der Waals surface area contributed by atoms with Crippen LogP contribution in [0, 0.1) is 44.0 Å². The molecule has 0 saturated heterocycles. The molecule has 2 aromatic heterocycles. The van der Waals surface area contributed by atoms with Gasteiger partial charge in [-0.25, -0.2) is 0 Å². The molecule has 0 saturated carbocycles. The van der Waals surface area contributed by atoms with E-state index >= 15 is 0 Å². The second kappa shape index (κ2) is 13.4. The van der Waals surface area contributed by atoms with Crippen molar-refractivity contribution in [3.05, 3.63) is 109 Å². The van der Waals surface area contributed by atoms with E-state index in [0.717, 1.165) is 18.2 Å². The van der Waals surface area contributed by atoms with Gasteiger partial charge in [-0.15, -0.1) is 41.7 Å². The summed E-state index contributed by atoms with van der Waals surface area (Å²) < 4.78 is 106. The Labute approximate surface area is 277 Å². The molecule has 2 aliphatic heterocycles. The van der Waals surface area contributed by atoms with Crippen molar-refractivity contribution in [2.75, 3.05) is 23.9 Å². The van der Waals surface area contributed by atoms with Crippen LogP contribution in [0.2, 0.25) is 0 Å². The molecule has 0 atom stereocenters. The molecule has 0 unspecified atom stereocenters.